The summed E-state index contributed by atoms with van der Waals surface area (Å²) in [6, 6.07) is 20.6. The Kier molecular flexibility index (Phi) is 7.48. The van der Waals surface area contributed by atoms with Gasteiger partial charge in [-0.1, -0.05) is 48.9 Å². The first-order valence-electron chi connectivity index (χ1n) is 9.86. The molecule has 0 aromatic heterocycles. The number of nitrogens with zero attached hydrogens (tertiary/aromatic N) is 1. The summed E-state index contributed by atoms with van der Waals surface area (Å²) < 4.78 is 12.8. The molecule has 0 aliphatic heterocycles. The molecule has 0 spiro atoms. The molecule has 0 atom stereocenters. The van der Waals surface area contributed by atoms with E-state index in [1.54, 1.807) is 0 Å². The maximum Gasteiger partial charge on any atom is 0.175 e. The molecule has 3 nitrogen and oxygen atoms in total. The summed E-state index contributed by atoms with van der Waals surface area (Å²) in [4.78, 5) is 4.58. The number of rotatable bonds is 8. The van der Waals surface area contributed by atoms with Crippen molar-refractivity contribution in [2.75, 3.05) is 6.61 Å². The highest BCUT2D eigenvalue weighted by atomic mass is 79.9. The first-order valence-corrected chi connectivity index (χ1v) is 10.7. The van der Waals surface area contributed by atoms with E-state index in [9.17, 15) is 0 Å². The fourth-order valence-electron chi connectivity index (χ4n) is 2.87. The van der Waals surface area contributed by atoms with Gasteiger partial charge in [0.15, 0.2) is 11.5 Å². The van der Waals surface area contributed by atoms with Crippen LogP contribution < -0.4 is 9.47 Å². The molecule has 3 aromatic carbocycles. The molecule has 0 aliphatic rings. The Morgan fingerprint density at radius 1 is 0.897 bits per heavy atom. The topological polar surface area (TPSA) is 30.8 Å². The summed E-state index contributed by atoms with van der Waals surface area (Å²) in [6.45, 7) is 7.23. The quantitative estimate of drug-likeness (QED) is 0.343. The van der Waals surface area contributed by atoms with Crippen molar-refractivity contribution in [3.05, 3.63) is 87.4 Å². The second-order valence-electron chi connectivity index (χ2n) is 6.82. The zero-order valence-electron chi connectivity index (χ0n) is 17.1. The monoisotopic (exact) mass is 451 g/mol. The molecule has 0 heterocycles. The maximum absolute atomic E-state index is 6.07. The van der Waals surface area contributed by atoms with Gasteiger partial charge in [-0.05, 0) is 77.2 Å². The lowest BCUT2D eigenvalue weighted by molar-refractivity contribution is 0.267. The zero-order chi connectivity index (χ0) is 20.6. The van der Waals surface area contributed by atoms with Gasteiger partial charge in [0.1, 0.15) is 6.61 Å². The van der Waals surface area contributed by atoms with Crippen LogP contribution in [0.4, 0.5) is 5.69 Å². The molecular formula is C25H26BrNO2. The van der Waals surface area contributed by atoms with E-state index in [0.717, 1.165) is 27.7 Å². The van der Waals surface area contributed by atoms with Gasteiger partial charge in [-0.3, -0.25) is 4.99 Å². The van der Waals surface area contributed by atoms with E-state index in [1.165, 1.54) is 11.1 Å². The molecule has 150 valence electrons. The summed E-state index contributed by atoms with van der Waals surface area (Å²) >= 11 is 3.63. The Hall–Kier alpha value is -2.59. The SMILES string of the molecule is CCOc1cc(C=Nc2ccc(CC)cc2)cc(Br)c1OCc1ccc(C)cc1. The van der Waals surface area contributed by atoms with Crippen LogP contribution in [0.15, 0.2) is 70.1 Å². The first kappa shape index (κ1) is 21.1. The average Bonchev–Trinajstić information content (AvgIpc) is 2.73. The van der Waals surface area contributed by atoms with E-state index < -0.39 is 0 Å². The van der Waals surface area contributed by atoms with Crippen LogP contribution in [-0.2, 0) is 13.0 Å². The largest absolute Gasteiger partial charge is 0.490 e. The van der Waals surface area contributed by atoms with E-state index in [0.29, 0.717) is 24.7 Å². The van der Waals surface area contributed by atoms with Crippen molar-refractivity contribution >= 4 is 27.8 Å². The summed E-state index contributed by atoms with van der Waals surface area (Å²) in [5.74, 6) is 1.41. The van der Waals surface area contributed by atoms with Crippen LogP contribution in [0.2, 0.25) is 0 Å². The number of hydrogen-bond donors (Lipinski definition) is 0. The minimum Gasteiger partial charge on any atom is -0.490 e. The Morgan fingerprint density at radius 2 is 1.59 bits per heavy atom. The van der Waals surface area contributed by atoms with Gasteiger partial charge < -0.3 is 9.47 Å². The predicted molar refractivity (Wildman–Crippen MR) is 124 cm³/mol. The number of halogens is 1. The maximum atomic E-state index is 6.07. The van der Waals surface area contributed by atoms with Crippen LogP contribution in [0.3, 0.4) is 0 Å². The highest BCUT2D eigenvalue weighted by Crippen LogP contribution is 2.37. The number of hydrogen-bond acceptors (Lipinski definition) is 3. The van der Waals surface area contributed by atoms with Crippen LogP contribution in [-0.4, -0.2) is 12.8 Å². The molecule has 4 heteroatoms. The fraction of sp³-hybridized carbons (Fsp3) is 0.240. The molecule has 0 amide bonds. The molecule has 0 radical (unpaired) electrons. The third kappa shape index (κ3) is 5.94. The molecular weight excluding hydrogens is 426 g/mol. The summed E-state index contributed by atoms with van der Waals surface area (Å²) in [5.41, 5.74) is 5.53. The Bertz CT molecular complexity index is 963. The van der Waals surface area contributed by atoms with Crippen molar-refractivity contribution in [1.29, 1.82) is 0 Å². The van der Waals surface area contributed by atoms with Gasteiger partial charge in [0.05, 0.1) is 16.8 Å². The van der Waals surface area contributed by atoms with Crippen LogP contribution >= 0.6 is 15.9 Å². The van der Waals surface area contributed by atoms with Crippen LogP contribution in [0.1, 0.15) is 36.1 Å². The van der Waals surface area contributed by atoms with Gasteiger partial charge in [0.2, 0.25) is 0 Å². The van der Waals surface area contributed by atoms with Gasteiger partial charge in [0, 0.05) is 6.21 Å². The van der Waals surface area contributed by atoms with Gasteiger partial charge in [-0.2, -0.15) is 0 Å². The van der Waals surface area contributed by atoms with Crippen molar-refractivity contribution in [2.45, 2.75) is 33.8 Å². The molecule has 3 aromatic rings. The Balaban J connectivity index is 1.79. The van der Waals surface area contributed by atoms with Gasteiger partial charge in [-0.25, -0.2) is 0 Å². The molecule has 0 saturated heterocycles. The van der Waals surface area contributed by atoms with Crippen molar-refractivity contribution in [3.63, 3.8) is 0 Å². The molecule has 3 rings (SSSR count). The smallest absolute Gasteiger partial charge is 0.175 e. The van der Waals surface area contributed by atoms with Crippen molar-refractivity contribution in [3.8, 4) is 11.5 Å². The van der Waals surface area contributed by atoms with Gasteiger partial charge >= 0.3 is 0 Å². The molecule has 0 unspecified atom stereocenters. The first-order chi connectivity index (χ1) is 14.1. The lowest BCUT2D eigenvalue weighted by Gasteiger charge is -2.15. The fourth-order valence-corrected chi connectivity index (χ4v) is 3.45. The lowest BCUT2D eigenvalue weighted by Crippen LogP contribution is -2.01. The molecule has 0 fully saturated rings. The minimum atomic E-state index is 0.482. The number of aryl methyl sites for hydroxylation is 2. The highest BCUT2D eigenvalue weighted by Gasteiger charge is 2.12. The van der Waals surface area contributed by atoms with Crippen LogP contribution in [0, 0.1) is 6.92 Å². The molecule has 0 aliphatic carbocycles. The third-order valence-corrected chi connectivity index (χ3v) is 5.13. The average molecular weight is 452 g/mol. The minimum absolute atomic E-state index is 0.482. The molecule has 0 saturated carbocycles. The van der Waals surface area contributed by atoms with E-state index in [1.807, 2.05) is 37.4 Å². The summed E-state index contributed by atoms with van der Waals surface area (Å²) in [6.07, 6.45) is 2.87. The van der Waals surface area contributed by atoms with E-state index >= 15 is 0 Å². The summed E-state index contributed by atoms with van der Waals surface area (Å²) in [5, 5.41) is 0. The number of benzene rings is 3. The third-order valence-electron chi connectivity index (χ3n) is 4.54. The number of aliphatic imine (C=N–C) groups is 1. The molecule has 0 N–H and O–H groups in total. The van der Waals surface area contributed by atoms with Crippen LogP contribution in [0.25, 0.3) is 0 Å². The van der Waals surface area contributed by atoms with Crippen molar-refractivity contribution < 1.29 is 9.47 Å². The normalized spacial score (nSPS) is 11.0. The molecule has 29 heavy (non-hydrogen) atoms. The van der Waals surface area contributed by atoms with Crippen molar-refractivity contribution in [1.82, 2.24) is 0 Å². The lowest BCUT2D eigenvalue weighted by atomic mass is 10.1. The van der Waals surface area contributed by atoms with E-state index in [2.05, 4.69) is 71.2 Å². The highest BCUT2D eigenvalue weighted by molar-refractivity contribution is 9.10. The second-order valence-corrected chi connectivity index (χ2v) is 7.67. The van der Waals surface area contributed by atoms with Crippen LogP contribution in [0.5, 0.6) is 11.5 Å². The van der Waals surface area contributed by atoms with E-state index in [-0.39, 0.29) is 0 Å². The van der Waals surface area contributed by atoms with Gasteiger partial charge in [0.25, 0.3) is 0 Å². The summed E-state index contributed by atoms with van der Waals surface area (Å²) in [7, 11) is 0. The number of ether oxygens (including phenoxy) is 2. The Labute approximate surface area is 181 Å². The van der Waals surface area contributed by atoms with Gasteiger partial charge in [-0.15, -0.1) is 0 Å². The van der Waals surface area contributed by atoms with E-state index in [4.69, 9.17) is 9.47 Å². The van der Waals surface area contributed by atoms with Crippen molar-refractivity contribution in [2.24, 2.45) is 4.99 Å². The zero-order valence-corrected chi connectivity index (χ0v) is 18.7. The second kappa shape index (κ2) is 10.3. The standard InChI is InChI=1S/C25H26BrNO2/c1-4-19-10-12-22(13-11-19)27-16-21-14-23(26)25(24(15-21)28-5-2)29-17-20-8-6-18(3)7-9-20/h6-16H,4-5,17H2,1-3H3. The molecule has 0 bridgehead atoms. The Morgan fingerprint density at radius 3 is 2.24 bits per heavy atom. The predicted octanol–water partition coefficient (Wildman–Crippen LogP) is 7.05.